The summed E-state index contributed by atoms with van der Waals surface area (Å²) in [5.74, 6) is 0.533. The maximum atomic E-state index is 11.1. The predicted octanol–water partition coefficient (Wildman–Crippen LogP) is 3.45. The summed E-state index contributed by atoms with van der Waals surface area (Å²) in [4.78, 5) is 11.1. The number of unbranched alkanes of at least 4 members (excludes halogenated alkanes) is 2. The largest absolute Gasteiger partial charge is 0.489 e. The van der Waals surface area contributed by atoms with E-state index in [-0.39, 0.29) is 5.91 Å². The highest BCUT2D eigenvalue weighted by atomic mass is 16.5. The third-order valence-corrected chi connectivity index (χ3v) is 4.41. The lowest BCUT2D eigenvalue weighted by Crippen LogP contribution is -2.24. The molecule has 0 atom stereocenters. The van der Waals surface area contributed by atoms with Crippen molar-refractivity contribution in [1.29, 1.82) is 0 Å². The summed E-state index contributed by atoms with van der Waals surface area (Å²) in [5, 5.41) is 14.1. The topological polar surface area (TPSA) is 79.8 Å². The van der Waals surface area contributed by atoms with Gasteiger partial charge in [0.2, 0.25) is 5.91 Å². The number of rotatable bonds is 13. The molecule has 0 radical (unpaired) electrons. The first-order valence-corrected chi connectivity index (χ1v) is 9.65. The molecule has 0 aliphatic carbocycles. The van der Waals surface area contributed by atoms with Gasteiger partial charge in [-0.2, -0.15) is 0 Å². The summed E-state index contributed by atoms with van der Waals surface area (Å²) in [6, 6.07) is 14.3. The second-order valence-electron chi connectivity index (χ2n) is 6.58. The summed E-state index contributed by atoms with van der Waals surface area (Å²) < 4.78 is 11.2. The van der Waals surface area contributed by atoms with Crippen molar-refractivity contribution in [2.75, 3.05) is 33.4 Å². The molecule has 2 aromatic rings. The molecule has 6 nitrogen and oxygen atoms in total. The van der Waals surface area contributed by atoms with Crippen LogP contribution in [0.25, 0.3) is 10.8 Å². The quantitative estimate of drug-likeness (QED) is 0.213. The highest BCUT2D eigenvalue weighted by molar-refractivity contribution is 5.88. The molecule has 152 valence electrons. The Morgan fingerprint density at radius 3 is 2.79 bits per heavy atom. The van der Waals surface area contributed by atoms with Crippen LogP contribution in [0, 0.1) is 0 Å². The minimum Gasteiger partial charge on any atom is -0.489 e. The van der Waals surface area contributed by atoms with Crippen LogP contribution in [0.15, 0.2) is 54.1 Å². The molecule has 0 aromatic heterocycles. The number of allylic oxidation sites excluding steroid dienone is 1. The lowest BCUT2D eigenvalue weighted by molar-refractivity contribution is -0.129. The molecule has 1 amide bonds. The van der Waals surface area contributed by atoms with Crippen LogP contribution in [0.2, 0.25) is 0 Å². The zero-order valence-corrected chi connectivity index (χ0v) is 16.4. The van der Waals surface area contributed by atoms with Gasteiger partial charge in [-0.1, -0.05) is 42.5 Å². The normalized spacial score (nSPS) is 11.6. The second-order valence-corrected chi connectivity index (χ2v) is 6.58. The Morgan fingerprint density at radius 2 is 1.96 bits per heavy atom. The van der Waals surface area contributed by atoms with Gasteiger partial charge in [-0.05, 0) is 36.3 Å². The standard InChI is InChI=1S/C22H30N2O4/c1-27-15-14-23-16-18(8-3-2-4-13-22(25)24-26)17-28-21-12-7-10-19-9-5-6-11-20(19)21/h5-12,23,26H,2-4,13-17H2,1H3,(H,24,25)/b18-8-. The van der Waals surface area contributed by atoms with Crippen LogP contribution in [0.4, 0.5) is 0 Å². The third kappa shape index (κ3) is 7.68. The fourth-order valence-electron chi connectivity index (χ4n) is 2.89. The monoisotopic (exact) mass is 386 g/mol. The first kappa shape index (κ1) is 21.9. The number of carbonyl (C=O) groups is 1. The number of hydrogen-bond donors (Lipinski definition) is 3. The molecular weight excluding hydrogens is 356 g/mol. The van der Waals surface area contributed by atoms with Crippen molar-refractivity contribution in [3.05, 3.63) is 54.1 Å². The maximum Gasteiger partial charge on any atom is 0.243 e. The number of hydrogen-bond acceptors (Lipinski definition) is 5. The van der Waals surface area contributed by atoms with Gasteiger partial charge in [-0.3, -0.25) is 10.0 Å². The van der Waals surface area contributed by atoms with Gasteiger partial charge in [0.05, 0.1) is 6.61 Å². The zero-order valence-electron chi connectivity index (χ0n) is 16.4. The molecule has 2 rings (SSSR count). The average molecular weight is 386 g/mol. The van der Waals surface area contributed by atoms with Crippen LogP contribution in [0.3, 0.4) is 0 Å². The Labute approximate surface area is 166 Å². The Morgan fingerprint density at radius 1 is 1.14 bits per heavy atom. The summed E-state index contributed by atoms with van der Waals surface area (Å²) in [5.41, 5.74) is 2.82. The molecule has 0 unspecified atom stereocenters. The van der Waals surface area contributed by atoms with Crippen LogP contribution in [0.1, 0.15) is 25.7 Å². The van der Waals surface area contributed by atoms with Crippen molar-refractivity contribution in [2.45, 2.75) is 25.7 Å². The number of fused-ring (bicyclic) bond motifs is 1. The van der Waals surface area contributed by atoms with Gasteiger partial charge in [0.15, 0.2) is 0 Å². The first-order valence-electron chi connectivity index (χ1n) is 9.65. The number of amides is 1. The average Bonchev–Trinajstić information content (AvgIpc) is 2.73. The number of ether oxygens (including phenoxy) is 2. The van der Waals surface area contributed by atoms with E-state index in [2.05, 4.69) is 29.6 Å². The molecule has 0 spiro atoms. The van der Waals surface area contributed by atoms with Gasteiger partial charge in [0.1, 0.15) is 12.4 Å². The molecule has 0 heterocycles. The molecule has 2 aromatic carbocycles. The van der Waals surface area contributed by atoms with Crippen molar-refractivity contribution in [3.8, 4) is 5.75 Å². The third-order valence-electron chi connectivity index (χ3n) is 4.41. The maximum absolute atomic E-state index is 11.1. The van der Waals surface area contributed by atoms with E-state index >= 15 is 0 Å². The minimum atomic E-state index is -0.343. The highest BCUT2D eigenvalue weighted by Crippen LogP contribution is 2.25. The smallest absolute Gasteiger partial charge is 0.243 e. The second kappa shape index (κ2) is 12.9. The molecular formula is C22H30N2O4. The summed E-state index contributed by atoms with van der Waals surface area (Å²) in [7, 11) is 1.69. The van der Waals surface area contributed by atoms with E-state index in [1.54, 1.807) is 12.6 Å². The van der Waals surface area contributed by atoms with Gasteiger partial charge in [0, 0.05) is 32.0 Å². The molecule has 28 heavy (non-hydrogen) atoms. The van der Waals surface area contributed by atoms with Gasteiger partial charge < -0.3 is 14.8 Å². The Balaban J connectivity index is 1.92. The van der Waals surface area contributed by atoms with E-state index in [1.807, 2.05) is 24.3 Å². The SMILES string of the molecule is COCCNC/C(=C/CCCCC(=O)NO)COc1cccc2ccccc12. The predicted molar refractivity (Wildman–Crippen MR) is 111 cm³/mol. The van der Waals surface area contributed by atoms with Gasteiger partial charge in [0.25, 0.3) is 0 Å². The Kier molecular flexibility index (Phi) is 10.1. The number of carbonyl (C=O) groups excluding carboxylic acids is 1. The lowest BCUT2D eigenvalue weighted by Gasteiger charge is -2.13. The number of methoxy groups -OCH3 is 1. The van der Waals surface area contributed by atoms with Gasteiger partial charge in [-0.25, -0.2) is 5.48 Å². The summed E-state index contributed by atoms with van der Waals surface area (Å²) >= 11 is 0. The summed E-state index contributed by atoms with van der Waals surface area (Å²) in [6.07, 6.45) is 4.97. The van der Waals surface area contributed by atoms with Gasteiger partial charge in [-0.15, -0.1) is 0 Å². The summed E-state index contributed by atoms with van der Waals surface area (Å²) in [6.45, 7) is 2.67. The number of hydroxylamine groups is 1. The van der Waals surface area contributed by atoms with E-state index < -0.39 is 0 Å². The molecule has 0 aliphatic rings. The number of benzene rings is 2. The first-order chi connectivity index (χ1) is 13.7. The van der Waals surface area contributed by atoms with Crippen molar-refractivity contribution in [3.63, 3.8) is 0 Å². The molecule has 0 bridgehead atoms. The van der Waals surface area contributed by atoms with Crippen molar-refractivity contribution >= 4 is 16.7 Å². The highest BCUT2D eigenvalue weighted by Gasteiger charge is 2.04. The van der Waals surface area contributed by atoms with Crippen LogP contribution in [0.5, 0.6) is 5.75 Å². The molecule has 0 aliphatic heterocycles. The van der Waals surface area contributed by atoms with Crippen molar-refractivity contribution in [1.82, 2.24) is 10.8 Å². The van der Waals surface area contributed by atoms with Crippen LogP contribution in [-0.4, -0.2) is 44.5 Å². The van der Waals surface area contributed by atoms with E-state index in [4.69, 9.17) is 14.7 Å². The van der Waals surface area contributed by atoms with E-state index in [0.29, 0.717) is 19.6 Å². The van der Waals surface area contributed by atoms with Crippen LogP contribution >= 0.6 is 0 Å². The molecule has 0 fully saturated rings. The molecule has 0 saturated carbocycles. The van der Waals surface area contributed by atoms with E-state index in [0.717, 1.165) is 54.4 Å². The fourth-order valence-corrected chi connectivity index (χ4v) is 2.89. The van der Waals surface area contributed by atoms with Crippen molar-refractivity contribution < 1.29 is 19.5 Å². The fraction of sp³-hybridized carbons (Fsp3) is 0.409. The Bertz CT molecular complexity index is 756. The minimum absolute atomic E-state index is 0.332. The molecule has 3 N–H and O–H groups in total. The molecule has 6 heteroatoms. The lowest BCUT2D eigenvalue weighted by atomic mass is 10.1. The molecule has 0 saturated heterocycles. The van der Waals surface area contributed by atoms with Crippen LogP contribution < -0.4 is 15.5 Å². The van der Waals surface area contributed by atoms with Crippen molar-refractivity contribution in [2.24, 2.45) is 0 Å². The number of nitrogens with one attached hydrogen (secondary N) is 2. The van der Waals surface area contributed by atoms with Crippen LogP contribution in [-0.2, 0) is 9.53 Å². The van der Waals surface area contributed by atoms with E-state index in [1.165, 1.54) is 0 Å². The van der Waals surface area contributed by atoms with E-state index in [9.17, 15) is 4.79 Å². The zero-order chi connectivity index (χ0) is 20.0. The van der Waals surface area contributed by atoms with Gasteiger partial charge >= 0.3 is 0 Å². The Hall–Kier alpha value is -2.41.